The van der Waals surface area contributed by atoms with Gasteiger partial charge in [-0.15, -0.1) is 0 Å². The summed E-state index contributed by atoms with van der Waals surface area (Å²) < 4.78 is 53.8. The molecule has 7 rings (SSSR count). The van der Waals surface area contributed by atoms with Gasteiger partial charge in [0.2, 0.25) is 5.91 Å². The Morgan fingerprint density at radius 1 is 0.927 bits per heavy atom. The lowest BCUT2D eigenvalue weighted by Gasteiger charge is -2.69. The van der Waals surface area contributed by atoms with Gasteiger partial charge in [0, 0.05) is 19.6 Å². The van der Waals surface area contributed by atoms with Crippen molar-refractivity contribution < 1.29 is 31.9 Å². The van der Waals surface area contributed by atoms with Gasteiger partial charge in [-0.3, -0.25) is 4.79 Å². The molecule has 5 aliphatic carbocycles. The molecule has 6 aliphatic rings. The lowest BCUT2D eigenvalue weighted by Crippen LogP contribution is -2.62. The minimum atomic E-state index is -2.92. The molecule has 1 heterocycles. The molecular weight excluding hydrogens is 719 g/mol. The highest BCUT2D eigenvalue weighted by Crippen LogP contribution is 2.75. The first kappa shape index (κ1) is 40.6. The van der Waals surface area contributed by atoms with Crippen LogP contribution in [0.2, 0.25) is 0 Å². The number of nitrogens with one attached hydrogen (secondary N) is 1. The van der Waals surface area contributed by atoms with Crippen molar-refractivity contribution in [2.75, 3.05) is 37.7 Å². The van der Waals surface area contributed by atoms with E-state index in [1.54, 1.807) is 0 Å². The van der Waals surface area contributed by atoms with Crippen LogP contribution in [-0.2, 0) is 14.6 Å². The number of hydrogen-bond donors (Lipinski definition) is 2. The van der Waals surface area contributed by atoms with Crippen LogP contribution >= 0.6 is 0 Å². The number of aromatic carboxylic acids is 1. The SMILES string of the molecule is C=C(C)[C@@H]1CC[C@]2(C(=O)NCCCN3CCS(=O)(=O)CC3)CC[C@]3(C)C(CCC4[C@@]5(C)CC=C(c6cc(F)c(C(=O)O)c(F)c6)C(C)(C)C5CC[C@]43C)CC12. The number of nitrogens with zero attached hydrogens (tertiary/aromatic N) is 1. The first-order valence-electron chi connectivity index (χ1n) is 21.0. The van der Waals surface area contributed by atoms with Gasteiger partial charge in [-0.1, -0.05) is 52.8 Å². The number of carboxylic acids is 1. The van der Waals surface area contributed by atoms with E-state index in [4.69, 9.17) is 0 Å². The van der Waals surface area contributed by atoms with Crippen molar-refractivity contribution in [3.05, 3.63) is 53.1 Å². The van der Waals surface area contributed by atoms with Gasteiger partial charge in [-0.25, -0.2) is 22.0 Å². The minimum absolute atomic E-state index is 0.0257. The van der Waals surface area contributed by atoms with E-state index in [-0.39, 0.29) is 50.9 Å². The Bertz CT molecular complexity index is 1860. The molecule has 1 aliphatic heterocycles. The van der Waals surface area contributed by atoms with Gasteiger partial charge in [-0.2, -0.15) is 0 Å². The maximum atomic E-state index is 15.0. The Morgan fingerprint density at radius 3 is 2.24 bits per heavy atom. The van der Waals surface area contributed by atoms with Crippen molar-refractivity contribution in [1.29, 1.82) is 0 Å². The molecule has 0 bridgehead atoms. The number of sulfone groups is 1. The number of rotatable bonds is 8. The Morgan fingerprint density at radius 2 is 1.60 bits per heavy atom. The zero-order valence-corrected chi connectivity index (χ0v) is 34.9. The highest BCUT2D eigenvalue weighted by atomic mass is 32.2. The molecule has 0 aromatic heterocycles. The summed E-state index contributed by atoms with van der Waals surface area (Å²) in [6, 6.07) is 2.41. The van der Waals surface area contributed by atoms with Gasteiger partial charge in [0.05, 0.1) is 16.9 Å². The van der Waals surface area contributed by atoms with Crippen LogP contribution in [0, 0.1) is 68.3 Å². The van der Waals surface area contributed by atoms with Crippen molar-refractivity contribution in [1.82, 2.24) is 10.2 Å². The van der Waals surface area contributed by atoms with Crippen LogP contribution in [0.15, 0.2) is 30.4 Å². The summed E-state index contributed by atoms with van der Waals surface area (Å²) in [5.41, 5.74) is 0.908. The number of carbonyl (C=O) groups is 2. The average Bonchev–Trinajstić information content (AvgIpc) is 3.40. The first-order valence-corrected chi connectivity index (χ1v) is 22.8. The Hall–Kier alpha value is -2.59. The van der Waals surface area contributed by atoms with E-state index in [1.807, 2.05) is 0 Å². The number of carboxylic acid groups (broad SMARTS) is 1. The van der Waals surface area contributed by atoms with E-state index < -0.39 is 38.4 Å². The standard InChI is InChI=1S/C45H64F2N2O5S/c1-28(2)31-11-16-45(40(52)48-19-8-20-49-21-23-55(53,54)24-22-49)18-17-43(6)30(27-33(31)45)9-10-37-42(5)14-12-32(41(3,4)36(42)13-15-44(37,43)7)29-25-34(46)38(39(50)51)35(47)26-29/h12,25-26,30-31,33,36-37H,1,8-11,13-24,27H2,2-7H3,(H,48,52)(H,50,51)/t30?,31-,33?,36?,37?,42-,43+,44+,45-/m0/s1. The van der Waals surface area contributed by atoms with Gasteiger partial charge in [0.15, 0.2) is 9.84 Å². The normalized spacial score (nSPS) is 39.3. The van der Waals surface area contributed by atoms with Gasteiger partial charge in [0.25, 0.3) is 0 Å². The third-order valence-electron chi connectivity index (χ3n) is 17.4. The molecule has 2 N–H and O–H groups in total. The van der Waals surface area contributed by atoms with Gasteiger partial charge in [0.1, 0.15) is 17.2 Å². The molecule has 1 aromatic carbocycles. The number of fused-ring (bicyclic) bond motifs is 6. The zero-order chi connectivity index (χ0) is 39.9. The number of amides is 1. The van der Waals surface area contributed by atoms with E-state index >= 15 is 0 Å². The minimum Gasteiger partial charge on any atom is -0.477 e. The molecule has 304 valence electrons. The summed E-state index contributed by atoms with van der Waals surface area (Å²) >= 11 is 0. The number of hydrogen-bond acceptors (Lipinski definition) is 5. The molecule has 0 spiro atoms. The molecule has 10 heteroatoms. The van der Waals surface area contributed by atoms with E-state index in [9.17, 15) is 31.9 Å². The predicted molar refractivity (Wildman–Crippen MR) is 213 cm³/mol. The van der Waals surface area contributed by atoms with E-state index in [1.165, 1.54) is 17.7 Å². The molecular formula is C45H64F2N2O5S. The summed E-state index contributed by atoms with van der Waals surface area (Å²) in [4.78, 5) is 28.3. The lowest BCUT2D eigenvalue weighted by atomic mass is 9.35. The van der Waals surface area contributed by atoms with Crippen molar-refractivity contribution in [3.63, 3.8) is 0 Å². The monoisotopic (exact) mass is 782 g/mol. The lowest BCUT2D eigenvalue weighted by molar-refractivity contribution is -0.192. The summed E-state index contributed by atoms with van der Waals surface area (Å²) in [6.45, 7) is 21.1. The maximum absolute atomic E-state index is 15.0. The van der Waals surface area contributed by atoms with Crippen LogP contribution in [0.3, 0.4) is 0 Å². The second-order valence-corrected chi connectivity index (χ2v) is 22.3. The van der Waals surface area contributed by atoms with Crippen LogP contribution in [0.1, 0.15) is 128 Å². The molecule has 1 amide bonds. The summed E-state index contributed by atoms with van der Waals surface area (Å²) in [6.07, 6.45) is 13.0. The third-order valence-corrected chi connectivity index (χ3v) is 19.0. The molecule has 0 radical (unpaired) electrons. The Balaban J connectivity index is 1.13. The molecule has 4 unspecified atom stereocenters. The number of benzene rings is 1. The maximum Gasteiger partial charge on any atom is 0.341 e. The fourth-order valence-electron chi connectivity index (χ4n) is 14.3. The predicted octanol–water partition coefficient (Wildman–Crippen LogP) is 8.94. The Kier molecular flexibility index (Phi) is 10.4. The smallest absolute Gasteiger partial charge is 0.341 e. The Labute approximate surface area is 328 Å². The molecule has 55 heavy (non-hydrogen) atoms. The summed E-state index contributed by atoms with van der Waals surface area (Å²) in [5, 5.41) is 12.8. The zero-order valence-electron chi connectivity index (χ0n) is 34.0. The summed E-state index contributed by atoms with van der Waals surface area (Å²) in [5.74, 6) is -1.19. The van der Waals surface area contributed by atoms with Crippen molar-refractivity contribution >= 4 is 27.3 Å². The van der Waals surface area contributed by atoms with Crippen molar-refractivity contribution in [2.24, 2.45) is 56.7 Å². The average molecular weight is 783 g/mol. The van der Waals surface area contributed by atoms with Crippen LogP contribution in [0.5, 0.6) is 0 Å². The second kappa shape index (κ2) is 14.1. The molecule has 5 fully saturated rings. The number of halogens is 2. The van der Waals surface area contributed by atoms with Crippen LogP contribution in [0.4, 0.5) is 8.78 Å². The van der Waals surface area contributed by atoms with Crippen LogP contribution in [0.25, 0.3) is 5.57 Å². The van der Waals surface area contributed by atoms with E-state index in [2.05, 4.69) is 64.4 Å². The number of carbonyl (C=O) groups excluding carboxylic acids is 1. The van der Waals surface area contributed by atoms with Gasteiger partial charge in [-0.05, 0) is 159 Å². The molecule has 1 saturated heterocycles. The van der Waals surface area contributed by atoms with Crippen molar-refractivity contribution in [3.8, 4) is 0 Å². The molecule has 4 saturated carbocycles. The van der Waals surface area contributed by atoms with E-state index in [0.29, 0.717) is 43.0 Å². The fraction of sp³-hybridized carbons (Fsp3) is 0.733. The molecule has 7 nitrogen and oxygen atoms in total. The van der Waals surface area contributed by atoms with Gasteiger partial charge < -0.3 is 15.3 Å². The van der Waals surface area contributed by atoms with Crippen LogP contribution in [-0.4, -0.2) is 68.0 Å². The van der Waals surface area contributed by atoms with E-state index in [0.717, 1.165) is 82.7 Å². The second-order valence-electron chi connectivity index (χ2n) is 20.0. The quantitative estimate of drug-likeness (QED) is 0.202. The summed E-state index contributed by atoms with van der Waals surface area (Å²) in [7, 11) is -2.92. The highest BCUT2D eigenvalue weighted by Gasteiger charge is 2.68. The highest BCUT2D eigenvalue weighted by molar-refractivity contribution is 7.91. The molecule has 1 aromatic rings. The topological polar surface area (TPSA) is 104 Å². The van der Waals surface area contributed by atoms with Gasteiger partial charge >= 0.3 is 5.97 Å². The molecule has 9 atom stereocenters. The third kappa shape index (κ3) is 6.46. The van der Waals surface area contributed by atoms with Crippen molar-refractivity contribution in [2.45, 2.75) is 112 Å². The fourth-order valence-corrected chi connectivity index (χ4v) is 15.5. The first-order chi connectivity index (χ1) is 25.7. The van der Waals surface area contributed by atoms with Crippen LogP contribution < -0.4 is 5.32 Å². The largest absolute Gasteiger partial charge is 0.477 e. The number of allylic oxidation sites excluding steroid dienone is 3.